The summed E-state index contributed by atoms with van der Waals surface area (Å²) in [5.41, 5.74) is 2.03. The van der Waals surface area contributed by atoms with Gasteiger partial charge in [0.25, 0.3) is 5.91 Å². The SMILES string of the molecule is CCc1cc(-c2ccc(C(=O)NC(C=O)C3CCCC[C@@H]3N3C[C@H](Cl)[C@H]4OCC(=O)[C@H]43)s2)ccn1. The van der Waals surface area contributed by atoms with Gasteiger partial charge in [-0.15, -0.1) is 22.9 Å². The van der Waals surface area contributed by atoms with Crippen molar-refractivity contribution in [2.24, 2.45) is 5.92 Å². The zero-order valence-electron chi connectivity index (χ0n) is 19.7. The van der Waals surface area contributed by atoms with Crippen molar-refractivity contribution < 1.29 is 19.1 Å². The number of Topliss-reactive ketones (excluding diaryl/α,β-unsaturated/α-hetero) is 1. The van der Waals surface area contributed by atoms with Gasteiger partial charge in [-0.2, -0.15) is 0 Å². The number of amides is 1. The van der Waals surface area contributed by atoms with Gasteiger partial charge in [0.2, 0.25) is 0 Å². The molecule has 7 nitrogen and oxygen atoms in total. The molecule has 2 saturated heterocycles. The second kappa shape index (κ2) is 10.5. The average Bonchev–Trinajstić information content (AvgIpc) is 3.61. The molecule has 2 unspecified atom stereocenters. The van der Waals surface area contributed by atoms with E-state index in [2.05, 4.69) is 22.1 Å². The van der Waals surface area contributed by atoms with E-state index in [-0.39, 0.29) is 47.8 Å². The standard InChI is InChI=1S/C26H30ClN3O4S/c1-2-16-11-15(9-10-28-16)22-7-8-23(35-22)26(33)29-19(13-31)17-5-3-4-6-20(17)30-12-18(27)25-24(30)21(32)14-34-25/h7-11,13,17-20,24-25H,2-6,12,14H2,1H3,(H,29,33)/t17?,18-,19?,20-,24+,25+/m0/s1. The van der Waals surface area contributed by atoms with Gasteiger partial charge in [0.05, 0.1) is 28.4 Å². The van der Waals surface area contributed by atoms with Gasteiger partial charge in [-0.3, -0.25) is 19.5 Å². The predicted molar refractivity (Wildman–Crippen MR) is 135 cm³/mol. The Hall–Kier alpha value is -2.13. The van der Waals surface area contributed by atoms with E-state index in [1.54, 1.807) is 12.3 Å². The van der Waals surface area contributed by atoms with Gasteiger partial charge >= 0.3 is 0 Å². The number of carbonyl (C=O) groups is 3. The lowest BCUT2D eigenvalue weighted by Gasteiger charge is -2.42. The number of ketones is 1. The first-order valence-electron chi connectivity index (χ1n) is 12.4. The fourth-order valence-corrected chi connectivity index (χ4v) is 7.12. The summed E-state index contributed by atoms with van der Waals surface area (Å²) in [6.07, 6.45) is 6.89. The van der Waals surface area contributed by atoms with E-state index in [0.29, 0.717) is 11.4 Å². The number of pyridine rings is 1. The van der Waals surface area contributed by atoms with Crippen LogP contribution in [0.4, 0.5) is 0 Å². The maximum absolute atomic E-state index is 13.2. The lowest BCUT2D eigenvalue weighted by Crippen LogP contribution is -2.55. The van der Waals surface area contributed by atoms with Crippen molar-refractivity contribution in [3.8, 4) is 10.4 Å². The highest BCUT2D eigenvalue weighted by Gasteiger charge is 2.53. The molecule has 186 valence electrons. The molecule has 0 spiro atoms. The third-order valence-corrected chi connectivity index (χ3v) is 9.08. The lowest BCUT2D eigenvalue weighted by atomic mass is 9.78. The minimum absolute atomic E-state index is 0.00401. The van der Waals surface area contributed by atoms with Crippen LogP contribution >= 0.6 is 22.9 Å². The number of aromatic nitrogens is 1. The second-order valence-electron chi connectivity index (χ2n) is 9.60. The van der Waals surface area contributed by atoms with Crippen LogP contribution in [0.25, 0.3) is 10.4 Å². The molecule has 0 aromatic carbocycles. The quantitative estimate of drug-likeness (QED) is 0.448. The van der Waals surface area contributed by atoms with Gasteiger partial charge in [-0.05, 0) is 49.1 Å². The third-order valence-electron chi connectivity index (χ3n) is 7.56. The van der Waals surface area contributed by atoms with Crippen molar-refractivity contribution in [1.29, 1.82) is 0 Å². The Morgan fingerprint density at radius 2 is 2.17 bits per heavy atom. The first-order valence-corrected chi connectivity index (χ1v) is 13.6. The smallest absolute Gasteiger partial charge is 0.261 e. The molecule has 0 bridgehead atoms. The molecule has 9 heteroatoms. The van der Waals surface area contributed by atoms with Crippen LogP contribution in [0, 0.1) is 5.92 Å². The largest absolute Gasteiger partial charge is 0.367 e. The number of nitrogens with one attached hydrogen (secondary N) is 1. The van der Waals surface area contributed by atoms with E-state index >= 15 is 0 Å². The van der Waals surface area contributed by atoms with Crippen LogP contribution in [0.3, 0.4) is 0 Å². The highest BCUT2D eigenvalue weighted by molar-refractivity contribution is 7.17. The van der Waals surface area contributed by atoms with E-state index in [4.69, 9.17) is 16.3 Å². The highest BCUT2D eigenvalue weighted by atomic mass is 35.5. The van der Waals surface area contributed by atoms with E-state index in [1.807, 2.05) is 18.2 Å². The number of hydrogen-bond donors (Lipinski definition) is 1. The van der Waals surface area contributed by atoms with E-state index < -0.39 is 6.04 Å². The third kappa shape index (κ3) is 4.81. The number of hydrogen-bond acceptors (Lipinski definition) is 7. The number of carbonyl (C=O) groups excluding carboxylic acids is 3. The number of nitrogens with zero attached hydrogens (tertiary/aromatic N) is 2. The van der Waals surface area contributed by atoms with Crippen LogP contribution in [0.15, 0.2) is 30.5 Å². The molecule has 2 aliphatic heterocycles. The Morgan fingerprint density at radius 1 is 1.34 bits per heavy atom. The van der Waals surface area contributed by atoms with Crippen molar-refractivity contribution in [2.45, 2.75) is 68.6 Å². The average molecular weight is 516 g/mol. The lowest BCUT2D eigenvalue weighted by molar-refractivity contribution is -0.122. The number of aryl methyl sites for hydroxylation is 1. The van der Waals surface area contributed by atoms with Gasteiger partial charge in [0.1, 0.15) is 12.9 Å². The van der Waals surface area contributed by atoms with E-state index in [1.165, 1.54) is 11.3 Å². The normalized spacial score (nSPS) is 29.7. The van der Waals surface area contributed by atoms with Gasteiger partial charge in [0.15, 0.2) is 5.78 Å². The van der Waals surface area contributed by atoms with Crippen molar-refractivity contribution in [1.82, 2.24) is 15.2 Å². The number of likely N-dealkylation sites (tertiary alicyclic amines) is 1. The number of aldehydes is 1. The van der Waals surface area contributed by atoms with Crippen LogP contribution < -0.4 is 5.32 Å². The van der Waals surface area contributed by atoms with E-state index in [9.17, 15) is 14.4 Å². The molecule has 35 heavy (non-hydrogen) atoms. The zero-order valence-corrected chi connectivity index (χ0v) is 21.3. The summed E-state index contributed by atoms with van der Waals surface area (Å²) < 4.78 is 5.66. The summed E-state index contributed by atoms with van der Waals surface area (Å²) in [6.45, 7) is 2.71. The number of ether oxygens (including phenoxy) is 1. The summed E-state index contributed by atoms with van der Waals surface area (Å²) in [5.74, 6) is -0.266. The van der Waals surface area contributed by atoms with Crippen LogP contribution in [-0.2, 0) is 20.7 Å². The molecular formula is C26H30ClN3O4S. The van der Waals surface area contributed by atoms with Gasteiger partial charge in [-0.1, -0.05) is 19.8 Å². The predicted octanol–water partition coefficient (Wildman–Crippen LogP) is 3.49. The first-order chi connectivity index (χ1) is 17.0. The Morgan fingerprint density at radius 3 is 2.97 bits per heavy atom. The topological polar surface area (TPSA) is 88.6 Å². The maximum atomic E-state index is 13.2. The van der Waals surface area contributed by atoms with Crippen molar-refractivity contribution >= 4 is 40.9 Å². The van der Waals surface area contributed by atoms with E-state index in [0.717, 1.165) is 54.5 Å². The molecule has 4 heterocycles. The Kier molecular flexibility index (Phi) is 7.34. The number of halogens is 1. The Balaban J connectivity index is 1.32. The molecule has 2 aromatic heterocycles. The zero-order chi connectivity index (χ0) is 24.5. The Labute approximate surface area is 214 Å². The summed E-state index contributed by atoms with van der Waals surface area (Å²) in [7, 11) is 0. The van der Waals surface area contributed by atoms with Crippen molar-refractivity contribution in [2.75, 3.05) is 13.2 Å². The maximum Gasteiger partial charge on any atom is 0.261 e. The molecule has 3 aliphatic rings. The molecule has 0 radical (unpaired) electrons. The molecule has 1 N–H and O–H groups in total. The number of alkyl halides is 1. The number of fused-ring (bicyclic) bond motifs is 1. The molecule has 5 rings (SSSR count). The van der Waals surface area contributed by atoms with Crippen LogP contribution in [0.2, 0.25) is 0 Å². The minimum Gasteiger partial charge on any atom is -0.367 e. The number of rotatable bonds is 7. The van der Waals surface area contributed by atoms with Crippen molar-refractivity contribution in [3.05, 3.63) is 41.0 Å². The molecule has 1 amide bonds. The fraction of sp³-hybridized carbons (Fsp3) is 0.538. The Bertz CT molecular complexity index is 1110. The van der Waals surface area contributed by atoms with Crippen molar-refractivity contribution in [3.63, 3.8) is 0 Å². The van der Waals surface area contributed by atoms with Gasteiger partial charge in [-0.25, -0.2) is 0 Å². The highest BCUT2D eigenvalue weighted by Crippen LogP contribution is 2.39. The van der Waals surface area contributed by atoms with Crippen LogP contribution in [0.1, 0.15) is 48.0 Å². The molecule has 6 atom stereocenters. The molecule has 3 fully saturated rings. The molecule has 1 saturated carbocycles. The molecule has 1 aliphatic carbocycles. The molecule has 2 aromatic rings. The molecular weight excluding hydrogens is 486 g/mol. The van der Waals surface area contributed by atoms with Crippen LogP contribution in [-0.4, -0.2) is 70.6 Å². The second-order valence-corrected chi connectivity index (χ2v) is 11.2. The summed E-state index contributed by atoms with van der Waals surface area (Å²) in [6, 6.07) is 6.74. The fourth-order valence-electron chi connectivity index (χ4n) is 5.85. The summed E-state index contributed by atoms with van der Waals surface area (Å²) >= 11 is 7.94. The minimum atomic E-state index is -0.629. The summed E-state index contributed by atoms with van der Waals surface area (Å²) in [5, 5.41) is 2.74. The summed E-state index contributed by atoms with van der Waals surface area (Å²) in [4.78, 5) is 46.0. The van der Waals surface area contributed by atoms with Gasteiger partial charge in [0, 0.05) is 35.3 Å². The van der Waals surface area contributed by atoms with Crippen LogP contribution in [0.5, 0.6) is 0 Å². The first kappa shape index (κ1) is 24.6. The monoisotopic (exact) mass is 515 g/mol. The van der Waals surface area contributed by atoms with Gasteiger partial charge < -0.3 is 14.8 Å². The number of thiophene rings is 1.